The van der Waals surface area contributed by atoms with Crippen molar-refractivity contribution in [1.29, 1.82) is 0 Å². The fraction of sp³-hybridized carbons (Fsp3) is 0.765. The Labute approximate surface area is 154 Å². The first-order chi connectivity index (χ1) is 12.3. The van der Waals surface area contributed by atoms with Crippen LogP contribution < -0.4 is 5.32 Å². The van der Waals surface area contributed by atoms with Crippen molar-refractivity contribution in [3.63, 3.8) is 0 Å². The van der Waals surface area contributed by atoms with Crippen LogP contribution in [0.15, 0.2) is 17.4 Å². The van der Waals surface area contributed by atoms with Gasteiger partial charge in [-0.05, 0) is 6.92 Å². The van der Waals surface area contributed by atoms with E-state index in [1.807, 2.05) is 24.1 Å². The largest absolute Gasteiger partial charge is 0.370 e. The molecule has 8 heteroatoms. The summed E-state index contributed by atoms with van der Waals surface area (Å²) in [6.45, 7) is 9.70. The van der Waals surface area contributed by atoms with E-state index in [2.05, 4.69) is 38.9 Å². The van der Waals surface area contributed by atoms with E-state index in [9.17, 15) is 0 Å². The van der Waals surface area contributed by atoms with Crippen molar-refractivity contribution in [3.05, 3.63) is 18.0 Å². The molecule has 25 heavy (non-hydrogen) atoms. The highest BCUT2D eigenvalue weighted by Gasteiger charge is 2.25. The van der Waals surface area contributed by atoms with Crippen LogP contribution in [0.25, 0.3) is 0 Å². The van der Waals surface area contributed by atoms with Gasteiger partial charge in [-0.25, -0.2) is 0 Å². The second kappa shape index (κ2) is 9.45. The van der Waals surface area contributed by atoms with Crippen molar-refractivity contribution in [3.8, 4) is 0 Å². The first-order valence-electron chi connectivity index (χ1n) is 9.19. The second-order valence-electron chi connectivity index (χ2n) is 6.44. The molecule has 1 atom stereocenters. The van der Waals surface area contributed by atoms with Gasteiger partial charge in [-0.3, -0.25) is 14.6 Å². The minimum absolute atomic E-state index is 0.0606. The molecular formula is C17H30N6OS. The molecule has 0 radical (unpaired) electrons. The Morgan fingerprint density at radius 2 is 2.24 bits per heavy atom. The maximum Gasteiger partial charge on any atom is 0.194 e. The number of aromatic nitrogens is 2. The summed E-state index contributed by atoms with van der Waals surface area (Å²) in [5.74, 6) is 3.51. The molecule has 3 heterocycles. The molecule has 140 valence electrons. The lowest BCUT2D eigenvalue weighted by atomic mass is 10.1. The van der Waals surface area contributed by atoms with Gasteiger partial charge < -0.3 is 15.0 Å². The van der Waals surface area contributed by atoms with Gasteiger partial charge in [0.2, 0.25) is 0 Å². The number of morpholine rings is 1. The average molecular weight is 367 g/mol. The van der Waals surface area contributed by atoms with Crippen LogP contribution in [0.1, 0.15) is 18.6 Å². The molecule has 3 rings (SSSR count). The van der Waals surface area contributed by atoms with Gasteiger partial charge in [0.1, 0.15) is 6.10 Å². The van der Waals surface area contributed by atoms with Gasteiger partial charge in [0.05, 0.1) is 25.9 Å². The number of hydrogen-bond acceptors (Lipinski definition) is 5. The molecule has 2 aliphatic rings. The van der Waals surface area contributed by atoms with E-state index < -0.39 is 0 Å². The normalized spacial score (nSPS) is 23.0. The van der Waals surface area contributed by atoms with Gasteiger partial charge >= 0.3 is 0 Å². The molecular weight excluding hydrogens is 336 g/mol. The smallest absolute Gasteiger partial charge is 0.194 e. The molecule has 1 N–H and O–H groups in total. The fourth-order valence-corrected chi connectivity index (χ4v) is 4.18. The van der Waals surface area contributed by atoms with Crippen LogP contribution in [0.2, 0.25) is 0 Å². The van der Waals surface area contributed by atoms with Crippen molar-refractivity contribution in [2.75, 3.05) is 63.9 Å². The van der Waals surface area contributed by atoms with Crippen LogP contribution >= 0.6 is 11.8 Å². The predicted molar refractivity (Wildman–Crippen MR) is 103 cm³/mol. The van der Waals surface area contributed by atoms with Crippen LogP contribution in [0.5, 0.6) is 0 Å². The molecule has 0 spiro atoms. The number of aryl methyl sites for hydroxylation is 1. The van der Waals surface area contributed by atoms with Crippen LogP contribution in [0.4, 0.5) is 0 Å². The zero-order chi connectivity index (χ0) is 17.5. The van der Waals surface area contributed by atoms with Gasteiger partial charge in [-0.1, -0.05) is 0 Å². The molecule has 2 saturated heterocycles. The summed E-state index contributed by atoms with van der Waals surface area (Å²) in [6, 6.07) is 0. The second-order valence-corrected chi connectivity index (χ2v) is 7.67. The summed E-state index contributed by atoms with van der Waals surface area (Å²) in [7, 11) is 1.94. The van der Waals surface area contributed by atoms with E-state index in [0.29, 0.717) is 6.61 Å². The van der Waals surface area contributed by atoms with E-state index >= 15 is 0 Å². The number of nitrogens with zero attached hydrogens (tertiary/aromatic N) is 5. The van der Waals surface area contributed by atoms with Crippen LogP contribution in [0, 0.1) is 0 Å². The summed E-state index contributed by atoms with van der Waals surface area (Å²) in [6.07, 6.45) is 3.99. The Hall–Kier alpha value is -1.25. The van der Waals surface area contributed by atoms with Gasteiger partial charge in [0.15, 0.2) is 5.96 Å². The summed E-state index contributed by atoms with van der Waals surface area (Å²) in [5.41, 5.74) is 1.13. The van der Waals surface area contributed by atoms with E-state index in [1.165, 1.54) is 24.6 Å². The Kier molecular flexibility index (Phi) is 7.01. The molecule has 0 aromatic carbocycles. The third-order valence-electron chi connectivity index (χ3n) is 4.58. The number of hydrogen-bond donors (Lipinski definition) is 1. The molecule has 1 aromatic rings. The minimum atomic E-state index is 0.0606. The highest BCUT2D eigenvalue weighted by atomic mass is 32.2. The lowest BCUT2D eigenvalue weighted by molar-refractivity contribution is -0.00805. The van der Waals surface area contributed by atoms with Crippen LogP contribution in [0.3, 0.4) is 0 Å². The zero-order valence-corrected chi connectivity index (χ0v) is 16.2. The average Bonchev–Trinajstić information content (AvgIpc) is 3.08. The number of rotatable bonds is 5. The first-order valence-corrected chi connectivity index (χ1v) is 10.3. The number of guanidine groups is 1. The molecule has 7 nitrogen and oxygen atoms in total. The lowest BCUT2D eigenvalue weighted by Crippen LogP contribution is -2.48. The predicted octanol–water partition coefficient (Wildman–Crippen LogP) is 0.808. The Balaban J connectivity index is 1.57. The Morgan fingerprint density at radius 1 is 1.40 bits per heavy atom. The summed E-state index contributed by atoms with van der Waals surface area (Å²) >= 11 is 2.05. The lowest BCUT2D eigenvalue weighted by Gasteiger charge is -2.35. The zero-order valence-electron chi connectivity index (χ0n) is 15.4. The number of ether oxygens (including phenoxy) is 1. The molecule has 1 aromatic heterocycles. The molecule has 2 fully saturated rings. The molecule has 2 aliphatic heterocycles. The van der Waals surface area contributed by atoms with E-state index in [4.69, 9.17) is 9.73 Å². The quantitative estimate of drug-likeness (QED) is 0.615. The van der Waals surface area contributed by atoms with E-state index in [-0.39, 0.29) is 6.10 Å². The molecule has 0 amide bonds. The number of nitrogens with one attached hydrogen (secondary N) is 1. The van der Waals surface area contributed by atoms with Crippen molar-refractivity contribution in [1.82, 2.24) is 24.9 Å². The molecule has 0 saturated carbocycles. The van der Waals surface area contributed by atoms with E-state index in [1.54, 1.807) is 0 Å². The monoisotopic (exact) mass is 366 g/mol. The van der Waals surface area contributed by atoms with Gasteiger partial charge in [0.25, 0.3) is 0 Å². The summed E-state index contributed by atoms with van der Waals surface area (Å²) < 4.78 is 7.77. The summed E-state index contributed by atoms with van der Waals surface area (Å²) in [5, 5.41) is 7.71. The van der Waals surface area contributed by atoms with Crippen molar-refractivity contribution < 1.29 is 4.74 Å². The van der Waals surface area contributed by atoms with Crippen molar-refractivity contribution >= 4 is 17.7 Å². The number of aliphatic imine (C=N–C) groups is 1. The third kappa shape index (κ3) is 5.36. The fourth-order valence-electron chi connectivity index (χ4n) is 3.20. The van der Waals surface area contributed by atoms with Crippen molar-refractivity contribution in [2.45, 2.75) is 13.0 Å². The van der Waals surface area contributed by atoms with Gasteiger partial charge in [0, 0.05) is 63.0 Å². The SMILES string of the molecule is CCNC(=NCCN1CCSCC1)N1CCOC(c2cnn(C)c2)C1. The summed E-state index contributed by atoms with van der Waals surface area (Å²) in [4.78, 5) is 9.70. The van der Waals surface area contributed by atoms with Crippen molar-refractivity contribution in [2.24, 2.45) is 12.0 Å². The topological polar surface area (TPSA) is 57.9 Å². The van der Waals surface area contributed by atoms with Crippen LogP contribution in [-0.2, 0) is 11.8 Å². The minimum Gasteiger partial charge on any atom is -0.370 e. The molecule has 1 unspecified atom stereocenters. The maximum absolute atomic E-state index is 5.95. The van der Waals surface area contributed by atoms with E-state index in [0.717, 1.165) is 44.2 Å². The Morgan fingerprint density at radius 3 is 2.96 bits per heavy atom. The highest BCUT2D eigenvalue weighted by Crippen LogP contribution is 2.21. The van der Waals surface area contributed by atoms with Gasteiger partial charge in [-0.2, -0.15) is 16.9 Å². The maximum atomic E-state index is 5.95. The standard InChI is InChI=1S/C17H30N6OS/c1-3-18-17(19-4-5-22-7-10-25-11-8-22)23-6-9-24-16(14-23)15-12-20-21(2)13-15/h12-13,16H,3-11,14H2,1-2H3,(H,18,19). The first kappa shape index (κ1) is 18.5. The number of thioether (sulfide) groups is 1. The Bertz CT molecular complexity index is 557. The van der Waals surface area contributed by atoms with Gasteiger partial charge in [-0.15, -0.1) is 0 Å². The highest BCUT2D eigenvalue weighted by molar-refractivity contribution is 7.99. The molecule has 0 aliphatic carbocycles. The third-order valence-corrected chi connectivity index (χ3v) is 5.52. The van der Waals surface area contributed by atoms with Crippen LogP contribution in [-0.4, -0.2) is 89.5 Å². The molecule has 0 bridgehead atoms.